The van der Waals surface area contributed by atoms with E-state index in [1.807, 2.05) is 0 Å². The predicted molar refractivity (Wildman–Crippen MR) is 68.7 cm³/mol. The minimum absolute atomic E-state index is 0.153. The summed E-state index contributed by atoms with van der Waals surface area (Å²) >= 11 is 0. The molecule has 0 aliphatic carbocycles. The van der Waals surface area contributed by atoms with Gasteiger partial charge in [-0.15, -0.1) is 13.2 Å². The maximum absolute atomic E-state index is 12.4. The Morgan fingerprint density at radius 1 is 1.18 bits per heavy atom. The fraction of sp³-hybridized carbons (Fsp3) is 0.143. The molecule has 0 saturated carbocycles. The Hall–Kier alpha value is -2.77. The van der Waals surface area contributed by atoms with Crippen LogP contribution in [0.3, 0.4) is 0 Å². The predicted octanol–water partition coefficient (Wildman–Crippen LogP) is 3.26. The molecule has 0 aliphatic heterocycles. The van der Waals surface area contributed by atoms with E-state index in [-0.39, 0.29) is 17.0 Å². The molecule has 0 atom stereocenters. The van der Waals surface area contributed by atoms with E-state index < -0.39 is 24.7 Å². The third-order valence-corrected chi connectivity index (χ3v) is 2.59. The van der Waals surface area contributed by atoms with Gasteiger partial charge in [-0.1, -0.05) is 12.1 Å². The minimum Gasteiger partial charge on any atom is -0.478 e. The highest BCUT2D eigenvalue weighted by molar-refractivity contribution is 5.90. The van der Waals surface area contributed by atoms with Crippen LogP contribution < -0.4 is 9.47 Å². The third-order valence-electron chi connectivity index (χ3n) is 2.59. The average molecular weight is 313 g/mol. The molecule has 0 bridgehead atoms. The molecule has 1 heterocycles. The molecule has 0 radical (unpaired) electrons. The fourth-order valence-electron chi connectivity index (χ4n) is 1.71. The normalized spacial score (nSPS) is 11.0. The van der Waals surface area contributed by atoms with Crippen LogP contribution in [0, 0.1) is 0 Å². The SMILES string of the molecule is O=C(O)c1cccc(OC(F)(F)F)c1COc1ccccn1. The van der Waals surface area contributed by atoms with E-state index in [9.17, 15) is 18.0 Å². The van der Waals surface area contributed by atoms with Crippen molar-refractivity contribution in [2.75, 3.05) is 0 Å². The van der Waals surface area contributed by atoms with Gasteiger partial charge in [0, 0.05) is 17.8 Å². The van der Waals surface area contributed by atoms with Crippen molar-refractivity contribution in [3.63, 3.8) is 0 Å². The van der Waals surface area contributed by atoms with E-state index in [4.69, 9.17) is 9.84 Å². The first-order chi connectivity index (χ1) is 10.4. The molecule has 0 saturated heterocycles. The number of carboxylic acid groups (broad SMARTS) is 1. The lowest BCUT2D eigenvalue weighted by molar-refractivity contribution is -0.275. The van der Waals surface area contributed by atoms with Crippen LogP contribution in [0.4, 0.5) is 13.2 Å². The number of ether oxygens (including phenoxy) is 2. The third kappa shape index (κ3) is 4.11. The van der Waals surface area contributed by atoms with Crippen LogP contribution in [0.5, 0.6) is 11.6 Å². The zero-order chi connectivity index (χ0) is 16.2. The molecular formula is C14H10F3NO4. The Kier molecular flexibility index (Phi) is 4.50. The molecule has 2 aromatic rings. The molecule has 5 nitrogen and oxygen atoms in total. The molecule has 0 unspecified atom stereocenters. The monoisotopic (exact) mass is 313 g/mol. The lowest BCUT2D eigenvalue weighted by Gasteiger charge is -2.15. The van der Waals surface area contributed by atoms with E-state index in [0.717, 1.165) is 12.1 Å². The van der Waals surface area contributed by atoms with E-state index >= 15 is 0 Å². The lowest BCUT2D eigenvalue weighted by Crippen LogP contribution is -2.19. The van der Waals surface area contributed by atoms with Gasteiger partial charge in [0.15, 0.2) is 0 Å². The van der Waals surface area contributed by atoms with Crippen molar-refractivity contribution in [3.05, 3.63) is 53.7 Å². The molecular weight excluding hydrogens is 303 g/mol. The second-order valence-corrected chi connectivity index (χ2v) is 4.09. The molecule has 1 aromatic heterocycles. The average Bonchev–Trinajstić information content (AvgIpc) is 2.45. The van der Waals surface area contributed by atoms with Gasteiger partial charge in [0.1, 0.15) is 12.4 Å². The zero-order valence-electron chi connectivity index (χ0n) is 11.0. The number of aromatic carboxylic acids is 1. The maximum Gasteiger partial charge on any atom is 0.573 e. The highest BCUT2D eigenvalue weighted by Gasteiger charge is 2.33. The molecule has 0 fully saturated rings. The van der Waals surface area contributed by atoms with Crippen molar-refractivity contribution in [3.8, 4) is 11.6 Å². The highest BCUT2D eigenvalue weighted by Crippen LogP contribution is 2.29. The Balaban J connectivity index is 2.31. The van der Waals surface area contributed by atoms with Gasteiger partial charge < -0.3 is 14.6 Å². The van der Waals surface area contributed by atoms with E-state index in [1.54, 1.807) is 12.1 Å². The van der Waals surface area contributed by atoms with Crippen molar-refractivity contribution >= 4 is 5.97 Å². The Morgan fingerprint density at radius 2 is 1.95 bits per heavy atom. The Labute approximate surface area is 122 Å². The van der Waals surface area contributed by atoms with Gasteiger partial charge >= 0.3 is 12.3 Å². The first-order valence-electron chi connectivity index (χ1n) is 6.01. The summed E-state index contributed by atoms with van der Waals surface area (Å²) in [6.07, 6.45) is -3.50. The van der Waals surface area contributed by atoms with E-state index in [2.05, 4.69) is 9.72 Å². The van der Waals surface area contributed by atoms with Crippen molar-refractivity contribution < 1.29 is 32.5 Å². The number of nitrogens with zero attached hydrogens (tertiary/aromatic N) is 1. The van der Waals surface area contributed by atoms with Crippen molar-refractivity contribution in [2.45, 2.75) is 13.0 Å². The standard InChI is InChI=1S/C14H10F3NO4/c15-14(16,17)22-11-5-3-4-9(13(19)20)10(11)8-21-12-6-1-2-7-18-12/h1-7H,8H2,(H,19,20). The molecule has 22 heavy (non-hydrogen) atoms. The number of alkyl halides is 3. The summed E-state index contributed by atoms with van der Waals surface area (Å²) in [4.78, 5) is 15.0. The molecule has 1 N–H and O–H groups in total. The minimum atomic E-state index is -4.93. The number of aromatic nitrogens is 1. The quantitative estimate of drug-likeness (QED) is 0.917. The molecule has 116 valence electrons. The first-order valence-corrected chi connectivity index (χ1v) is 6.01. The Morgan fingerprint density at radius 3 is 2.55 bits per heavy atom. The number of hydrogen-bond donors (Lipinski definition) is 1. The van der Waals surface area contributed by atoms with Crippen LogP contribution in [0.25, 0.3) is 0 Å². The van der Waals surface area contributed by atoms with Crippen LogP contribution in [-0.4, -0.2) is 22.4 Å². The van der Waals surface area contributed by atoms with Crippen LogP contribution in [0.15, 0.2) is 42.6 Å². The van der Waals surface area contributed by atoms with Gasteiger partial charge in [0.05, 0.1) is 5.56 Å². The summed E-state index contributed by atoms with van der Waals surface area (Å²) in [7, 11) is 0. The number of pyridine rings is 1. The van der Waals surface area contributed by atoms with Crippen LogP contribution in [-0.2, 0) is 6.61 Å². The Bertz CT molecular complexity index is 659. The molecule has 0 amide bonds. The molecule has 1 aromatic carbocycles. The van der Waals surface area contributed by atoms with Crippen molar-refractivity contribution in [1.29, 1.82) is 0 Å². The van der Waals surface area contributed by atoms with Gasteiger partial charge in [0.25, 0.3) is 0 Å². The number of carboxylic acids is 1. The van der Waals surface area contributed by atoms with Crippen molar-refractivity contribution in [2.24, 2.45) is 0 Å². The summed E-state index contributed by atoms with van der Waals surface area (Å²) in [6.45, 7) is -0.426. The summed E-state index contributed by atoms with van der Waals surface area (Å²) in [5, 5.41) is 9.08. The van der Waals surface area contributed by atoms with Crippen LogP contribution in [0.1, 0.15) is 15.9 Å². The summed E-state index contributed by atoms with van der Waals surface area (Å²) < 4.78 is 46.2. The second kappa shape index (κ2) is 6.33. The van der Waals surface area contributed by atoms with E-state index in [1.165, 1.54) is 18.3 Å². The number of benzene rings is 1. The number of hydrogen-bond acceptors (Lipinski definition) is 4. The summed E-state index contributed by atoms with van der Waals surface area (Å²) in [5.41, 5.74) is -0.560. The molecule has 2 rings (SSSR count). The van der Waals surface area contributed by atoms with Gasteiger partial charge in [-0.05, 0) is 18.2 Å². The van der Waals surface area contributed by atoms with Crippen LogP contribution in [0.2, 0.25) is 0 Å². The van der Waals surface area contributed by atoms with Gasteiger partial charge in [-0.2, -0.15) is 0 Å². The van der Waals surface area contributed by atoms with Crippen LogP contribution >= 0.6 is 0 Å². The number of halogens is 3. The van der Waals surface area contributed by atoms with Gasteiger partial charge in [-0.25, -0.2) is 9.78 Å². The zero-order valence-corrected chi connectivity index (χ0v) is 11.0. The molecule has 0 spiro atoms. The largest absolute Gasteiger partial charge is 0.573 e. The lowest BCUT2D eigenvalue weighted by atomic mass is 10.1. The number of rotatable bonds is 5. The molecule has 0 aliphatic rings. The molecule has 8 heteroatoms. The number of carbonyl (C=O) groups is 1. The smallest absolute Gasteiger partial charge is 0.478 e. The van der Waals surface area contributed by atoms with Gasteiger partial charge in [-0.3, -0.25) is 0 Å². The van der Waals surface area contributed by atoms with E-state index in [0.29, 0.717) is 0 Å². The fourth-order valence-corrected chi connectivity index (χ4v) is 1.71. The maximum atomic E-state index is 12.4. The highest BCUT2D eigenvalue weighted by atomic mass is 19.4. The second-order valence-electron chi connectivity index (χ2n) is 4.09. The van der Waals surface area contributed by atoms with Gasteiger partial charge in [0.2, 0.25) is 5.88 Å². The topological polar surface area (TPSA) is 68.7 Å². The summed E-state index contributed by atoms with van der Waals surface area (Å²) in [5.74, 6) is -1.85. The summed E-state index contributed by atoms with van der Waals surface area (Å²) in [6, 6.07) is 8.11. The van der Waals surface area contributed by atoms with Crippen molar-refractivity contribution in [1.82, 2.24) is 4.98 Å². The first kappa shape index (κ1) is 15.6.